The Morgan fingerprint density at radius 1 is 1.54 bits per heavy atom. The zero-order chi connectivity index (χ0) is 9.84. The van der Waals surface area contributed by atoms with Crippen molar-refractivity contribution in [2.75, 3.05) is 7.11 Å². The Labute approximate surface area is 87.5 Å². The Morgan fingerprint density at radius 2 is 2.23 bits per heavy atom. The molecule has 2 nitrogen and oxygen atoms in total. The summed E-state index contributed by atoms with van der Waals surface area (Å²) in [7, 11) is 1.45. The van der Waals surface area contributed by atoms with E-state index in [1.54, 1.807) is 0 Å². The number of halogens is 1. The molecule has 0 saturated heterocycles. The third kappa shape index (κ3) is 2.33. The van der Waals surface area contributed by atoms with E-state index in [1.807, 2.05) is 13.0 Å². The summed E-state index contributed by atoms with van der Waals surface area (Å²) in [6, 6.07) is 0. The van der Waals surface area contributed by atoms with E-state index in [2.05, 4.69) is 22.0 Å². The molecule has 1 fully saturated rings. The molecule has 0 aromatic heterocycles. The molecule has 0 N–H and O–H groups in total. The molecule has 74 valence electrons. The Balaban J connectivity index is 2.59. The molecule has 1 aliphatic carbocycles. The van der Waals surface area contributed by atoms with Crippen LogP contribution >= 0.6 is 15.9 Å². The maximum atomic E-state index is 11.3. The molecule has 0 radical (unpaired) electrons. The zero-order valence-electron chi connectivity index (χ0n) is 8.00. The van der Waals surface area contributed by atoms with Gasteiger partial charge in [0.15, 0.2) is 0 Å². The Hall–Kier alpha value is -0.310. The standard InChI is InChI=1S/C10H15BrO2/c1-3-4-7-5-6-8(9(7)11)10(12)13-2/h3-4,7-9H,5-6H2,1-2H3/b4-3-. The fourth-order valence-corrected chi connectivity index (χ4v) is 2.76. The maximum absolute atomic E-state index is 11.3. The van der Waals surface area contributed by atoms with Crippen molar-refractivity contribution < 1.29 is 9.53 Å². The lowest BCUT2D eigenvalue weighted by Gasteiger charge is -2.14. The number of methoxy groups -OCH3 is 1. The quantitative estimate of drug-likeness (QED) is 0.426. The van der Waals surface area contributed by atoms with Gasteiger partial charge in [-0.25, -0.2) is 0 Å². The Kier molecular flexibility index (Phi) is 3.97. The number of esters is 1. The molecule has 0 bridgehead atoms. The van der Waals surface area contributed by atoms with Crippen molar-refractivity contribution in [3.05, 3.63) is 12.2 Å². The van der Waals surface area contributed by atoms with Crippen LogP contribution in [-0.2, 0) is 9.53 Å². The lowest BCUT2D eigenvalue weighted by molar-refractivity contribution is -0.144. The van der Waals surface area contributed by atoms with Gasteiger partial charge in [0.1, 0.15) is 0 Å². The summed E-state index contributed by atoms with van der Waals surface area (Å²) in [5, 5.41) is 0. The number of ether oxygens (including phenoxy) is 1. The summed E-state index contributed by atoms with van der Waals surface area (Å²) < 4.78 is 4.74. The van der Waals surface area contributed by atoms with Crippen LogP contribution in [0.5, 0.6) is 0 Å². The molecule has 13 heavy (non-hydrogen) atoms. The van der Waals surface area contributed by atoms with E-state index in [0.29, 0.717) is 5.92 Å². The number of carbonyl (C=O) groups excluding carboxylic acids is 1. The fraction of sp³-hybridized carbons (Fsp3) is 0.700. The molecule has 0 spiro atoms. The van der Waals surface area contributed by atoms with Gasteiger partial charge in [-0.2, -0.15) is 0 Å². The van der Waals surface area contributed by atoms with Crippen LogP contribution in [0.4, 0.5) is 0 Å². The van der Waals surface area contributed by atoms with Crippen LogP contribution in [0.2, 0.25) is 0 Å². The molecule has 0 aliphatic heterocycles. The monoisotopic (exact) mass is 246 g/mol. The highest BCUT2D eigenvalue weighted by molar-refractivity contribution is 9.09. The van der Waals surface area contributed by atoms with Crippen molar-refractivity contribution in [1.82, 2.24) is 0 Å². The number of allylic oxidation sites excluding steroid dienone is 2. The molecule has 1 rings (SSSR count). The first-order chi connectivity index (χ1) is 6.20. The number of alkyl halides is 1. The molecule has 0 amide bonds. The highest BCUT2D eigenvalue weighted by Gasteiger charge is 2.37. The Morgan fingerprint density at radius 3 is 2.77 bits per heavy atom. The van der Waals surface area contributed by atoms with Crippen LogP contribution in [0.1, 0.15) is 19.8 Å². The van der Waals surface area contributed by atoms with Gasteiger partial charge in [0.05, 0.1) is 13.0 Å². The molecule has 0 aromatic rings. The Bertz CT molecular complexity index is 213. The highest BCUT2D eigenvalue weighted by Crippen LogP contribution is 2.38. The zero-order valence-corrected chi connectivity index (χ0v) is 9.58. The third-order valence-corrected chi connectivity index (χ3v) is 3.87. The second-order valence-corrected chi connectivity index (χ2v) is 4.40. The second-order valence-electron chi connectivity index (χ2n) is 3.34. The molecule has 3 atom stereocenters. The van der Waals surface area contributed by atoms with Gasteiger partial charge in [0.25, 0.3) is 0 Å². The van der Waals surface area contributed by atoms with Crippen LogP contribution in [-0.4, -0.2) is 17.9 Å². The first-order valence-corrected chi connectivity index (χ1v) is 5.47. The number of hydrogen-bond donors (Lipinski definition) is 0. The van der Waals surface area contributed by atoms with Crippen LogP contribution in [0.3, 0.4) is 0 Å². The minimum Gasteiger partial charge on any atom is -0.469 e. The molecule has 3 unspecified atom stereocenters. The van der Waals surface area contributed by atoms with E-state index in [4.69, 9.17) is 4.74 Å². The van der Waals surface area contributed by atoms with Crippen LogP contribution in [0.25, 0.3) is 0 Å². The number of hydrogen-bond acceptors (Lipinski definition) is 2. The molecule has 1 saturated carbocycles. The van der Waals surface area contributed by atoms with E-state index in [1.165, 1.54) is 7.11 Å². The highest BCUT2D eigenvalue weighted by atomic mass is 79.9. The van der Waals surface area contributed by atoms with Gasteiger partial charge in [0, 0.05) is 4.83 Å². The SMILES string of the molecule is C/C=C\C1CCC(C(=O)OC)C1Br. The van der Waals surface area contributed by atoms with Crippen LogP contribution in [0.15, 0.2) is 12.2 Å². The predicted molar refractivity (Wildman–Crippen MR) is 55.8 cm³/mol. The predicted octanol–water partition coefficient (Wildman–Crippen LogP) is 2.53. The van der Waals surface area contributed by atoms with Gasteiger partial charge in [0.2, 0.25) is 0 Å². The summed E-state index contributed by atoms with van der Waals surface area (Å²) in [6.45, 7) is 2.01. The summed E-state index contributed by atoms with van der Waals surface area (Å²) >= 11 is 3.56. The van der Waals surface area contributed by atoms with Gasteiger partial charge in [-0.1, -0.05) is 28.1 Å². The molecular formula is C10H15BrO2. The van der Waals surface area contributed by atoms with Crippen molar-refractivity contribution >= 4 is 21.9 Å². The molecular weight excluding hydrogens is 232 g/mol. The maximum Gasteiger partial charge on any atom is 0.309 e. The lowest BCUT2D eigenvalue weighted by atomic mass is 10.0. The largest absolute Gasteiger partial charge is 0.469 e. The van der Waals surface area contributed by atoms with Crippen LogP contribution < -0.4 is 0 Å². The number of carbonyl (C=O) groups is 1. The second kappa shape index (κ2) is 4.80. The van der Waals surface area contributed by atoms with Crippen molar-refractivity contribution in [3.63, 3.8) is 0 Å². The van der Waals surface area contributed by atoms with E-state index in [0.717, 1.165) is 12.8 Å². The van der Waals surface area contributed by atoms with E-state index in [9.17, 15) is 4.79 Å². The van der Waals surface area contributed by atoms with Crippen molar-refractivity contribution in [3.8, 4) is 0 Å². The normalized spacial score (nSPS) is 33.9. The molecule has 3 heteroatoms. The minimum absolute atomic E-state index is 0.0335. The van der Waals surface area contributed by atoms with Crippen LogP contribution in [0, 0.1) is 11.8 Å². The van der Waals surface area contributed by atoms with Gasteiger partial charge >= 0.3 is 5.97 Å². The van der Waals surface area contributed by atoms with Crippen molar-refractivity contribution in [1.29, 1.82) is 0 Å². The first kappa shape index (κ1) is 10.8. The third-order valence-electron chi connectivity index (χ3n) is 2.55. The lowest BCUT2D eigenvalue weighted by Crippen LogP contribution is -2.22. The molecule has 0 aromatic carbocycles. The van der Waals surface area contributed by atoms with E-state index >= 15 is 0 Å². The smallest absolute Gasteiger partial charge is 0.309 e. The summed E-state index contributed by atoms with van der Waals surface area (Å²) in [6.07, 6.45) is 6.19. The topological polar surface area (TPSA) is 26.3 Å². The summed E-state index contributed by atoms with van der Waals surface area (Å²) in [5.41, 5.74) is 0. The van der Waals surface area contributed by atoms with Crippen molar-refractivity contribution in [2.24, 2.45) is 11.8 Å². The molecule has 0 heterocycles. The van der Waals surface area contributed by atoms with Gasteiger partial charge in [-0.3, -0.25) is 4.79 Å². The van der Waals surface area contributed by atoms with E-state index < -0.39 is 0 Å². The van der Waals surface area contributed by atoms with Crippen molar-refractivity contribution in [2.45, 2.75) is 24.6 Å². The fourth-order valence-electron chi connectivity index (χ4n) is 1.84. The first-order valence-electron chi connectivity index (χ1n) is 4.55. The summed E-state index contributed by atoms with van der Waals surface area (Å²) in [4.78, 5) is 11.5. The average Bonchev–Trinajstić information content (AvgIpc) is 2.48. The van der Waals surface area contributed by atoms with Gasteiger partial charge in [-0.05, 0) is 25.7 Å². The average molecular weight is 247 g/mol. The molecule has 1 aliphatic rings. The van der Waals surface area contributed by atoms with Gasteiger partial charge < -0.3 is 4.74 Å². The minimum atomic E-state index is -0.0890. The van der Waals surface area contributed by atoms with Gasteiger partial charge in [-0.15, -0.1) is 0 Å². The number of rotatable bonds is 2. The van der Waals surface area contributed by atoms with E-state index in [-0.39, 0.29) is 16.7 Å². The summed E-state index contributed by atoms with van der Waals surface area (Å²) in [5.74, 6) is 0.425.